The van der Waals surface area contributed by atoms with Crippen molar-refractivity contribution in [2.24, 2.45) is 0 Å². The second kappa shape index (κ2) is 5.74. The van der Waals surface area contributed by atoms with Crippen molar-refractivity contribution in [3.63, 3.8) is 0 Å². The van der Waals surface area contributed by atoms with Gasteiger partial charge in [0, 0.05) is 5.02 Å². The van der Waals surface area contributed by atoms with Crippen molar-refractivity contribution in [2.45, 2.75) is 26.3 Å². The van der Waals surface area contributed by atoms with Gasteiger partial charge in [-0.3, -0.25) is 9.59 Å². The maximum atomic E-state index is 13.0. The van der Waals surface area contributed by atoms with E-state index in [9.17, 15) is 9.59 Å². The van der Waals surface area contributed by atoms with Crippen LogP contribution in [0.5, 0.6) is 0 Å². The Labute approximate surface area is 149 Å². The zero-order chi connectivity index (χ0) is 17.7. The van der Waals surface area contributed by atoms with Crippen LogP contribution in [0.25, 0.3) is 11.0 Å². The summed E-state index contributed by atoms with van der Waals surface area (Å²) in [6, 6.07) is 10.7. The molecular weight excluding hydrogens is 338 g/mol. The first-order valence-electron chi connectivity index (χ1n) is 8.16. The SMILES string of the molecule is CCc1ccc(C2NC(=O)c3oc4cc(C)c(Cl)cc4c(=O)c32)cc1. The predicted octanol–water partition coefficient (Wildman–Crippen LogP) is 4.15. The molecule has 0 aliphatic carbocycles. The third-order valence-corrected chi connectivity index (χ3v) is 5.11. The topological polar surface area (TPSA) is 59.3 Å². The Hall–Kier alpha value is -2.59. The monoisotopic (exact) mass is 353 g/mol. The molecule has 1 N–H and O–H groups in total. The molecule has 5 heteroatoms. The lowest BCUT2D eigenvalue weighted by Gasteiger charge is -2.12. The third kappa shape index (κ3) is 2.45. The molecule has 4 nitrogen and oxygen atoms in total. The standard InChI is InChI=1S/C20H16ClNO3/c1-3-11-4-6-12(7-5-11)17-16-18(23)13-9-14(21)10(2)8-15(13)25-19(16)20(24)22-17/h4-9,17H,3H2,1-2H3,(H,22,24). The molecule has 4 rings (SSSR count). The number of amides is 1. The van der Waals surface area contributed by atoms with Crippen LogP contribution >= 0.6 is 11.6 Å². The molecule has 0 fully saturated rings. The van der Waals surface area contributed by atoms with Gasteiger partial charge in [0.15, 0.2) is 5.43 Å². The minimum Gasteiger partial charge on any atom is -0.450 e. The van der Waals surface area contributed by atoms with Crippen LogP contribution in [0.1, 0.15) is 45.8 Å². The van der Waals surface area contributed by atoms with Crippen LogP contribution < -0.4 is 10.7 Å². The summed E-state index contributed by atoms with van der Waals surface area (Å²) in [5, 5.41) is 3.74. The molecule has 126 valence electrons. The molecule has 3 aromatic rings. The molecular formula is C20H16ClNO3. The van der Waals surface area contributed by atoms with Crippen molar-refractivity contribution in [1.82, 2.24) is 5.32 Å². The van der Waals surface area contributed by atoms with Crippen molar-refractivity contribution in [1.29, 1.82) is 0 Å². The zero-order valence-electron chi connectivity index (χ0n) is 13.9. The zero-order valence-corrected chi connectivity index (χ0v) is 14.6. The highest BCUT2D eigenvalue weighted by atomic mass is 35.5. The number of aryl methyl sites for hydroxylation is 2. The van der Waals surface area contributed by atoms with E-state index in [1.54, 1.807) is 12.1 Å². The summed E-state index contributed by atoms with van der Waals surface area (Å²) in [6.45, 7) is 3.90. The maximum Gasteiger partial charge on any atom is 0.288 e. The number of hydrogen-bond acceptors (Lipinski definition) is 3. The van der Waals surface area contributed by atoms with Gasteiger partial charge >= 0.3 is 0 Å². The Balaban J connectivity index is 1.94. The van der Waals surface area contributed by atoms with Gasteiger partial charge in [-0.1, -0.05) is 42.8 Å². The van der Waals surface area contributed by atoms with Crippen LogP contribution in [0.2, 0.25) is 5.02 Å². The van der Waals surface area contributed by atoms with E-state index in [1.165, 1.54) is 5.56 Å². The van der Waals surface area contributed by atoms with Crippen molar-refractivity contribution in [3.05, 3.63) is 79.7 Å². The summed E-state index contributed by atoms with van der Waals surface area (Å²) >= 11 is 6.16. The summed E-state index contributed by atoms with van der Waals surface area (Å²) in [4.78, 5) is 25.4. The van der Waals surface area contributed by atoms with Crippen LogP contribution in [0.15, 0.2) is 45.6 Å². The quantitative estimate of drug-likeness (QED) is 0.752. The molecule has 25 heavy (non-hydrogen) atoms. The van der Waals surface area contributed by atoms with E-state index < -0.39 is 6.04 Å². The normalized spacial score (nSPS) is 16.1. The molecule has 1 atom stereocenters. The highest BCUT2D eigenvalue weighted by Crippen LogP contribution is 2.32. The smallest absolute Gasteiger partial charge is 0.288 e. The Kier molecular flexibility index (Phi) is 3.65. The lowest BCUT2D eigenvalue weighted by atomic mass is 9.98. The molecule has 0 saturated carbocycles. The lowest BCUT2D eigenvalue weighted by Crippen LogP contribution is -2.21. The minimum absolute atomic E-state index is 0.0868. The molecule has 0 bridgehead atoms. The third-order valence-electron chi connectivity index (χ3n) is 4.70. The largest absolute Gasteiger partial charge is 0.450 e. The lowest BCUT2D eigenvalue weighted by molar-refractivity contribution is 0.0938. The number of carbonyl (C=O) groups is 1. The van der Waals surface area contributed by atoms with Gasteiger partial charge in [0.1, 0.15) is 5.58 Å². The van der Waals surface area contributed by atoms with Crippen molar-refractivity contribution in [2.75, 3.05) is 0 Å². The Morgan fingerprint density at radius 1 is 1.16 bits per heavy atom. The fourth-order valence-electron chi connectivity index (χ4n) is 3.23. The molecule has 2 heterocycles. The Morgan fingerprint density at radius 3 is 2.56 bits per heavy atom. The van der Waals surface area contributed by atoms with Crippen LogP contribution in [0.3, 0.4) is 0 Å². The fraction of sp³-hybridized carbons (Fsp3) is 0.200. The molecule has 2 aromatic carbocycles. The number of hydrogen-bond donors (Lipinski definition) is 1. The van der Waals surface area contributed by atoms with Gasteiger partial charge in [0.05, 0.1) is 17.0 Å². The van der Waals surface area contributed by atoms with Crippen molar-refractivity contribution >= 4 is 28.5 Å². The van der Waals surface area contributed by atoms with E-state index in [0.29, 0.717) is 21.6 Å². The molecule has 0 radical (unpaired) electrons. The summed E-state index contributed by atoms with van der Waals surface area (Å²) < 4.78 is 5.76. The van der Waals surface area contributed by atoms with Crippen LogP contribution in [-0.2, 0) is 6.42 Å². The number of nitrogens with one attached hydrogen (secondary N) is 1. The maximum absolute atomic E-state index is 13.0. The van der Waals surface area contributed by atoms with Gasteiger partial charge in [0.25, 0.3) is 5.91 Å². The van der Waals surface area contributed by atoms with Gasteiger partial charge < -0.3 is 9.73 Å². The number of rotatable bonds is 2. The average molecular weight is 354 g/mol. The number of halogens is 1. The van der Waals surface area contributed by atoms with Crippen LogP contribution in [0.4, 0.5) is 0 Å². The highest BCUT2D eigenvalue weighted by Gasteiger charge is 2.35. The first kappa shape index (κ1) is 15.9. The van der Waals surface area contributed by atoms with E-state index in [0.717, 1.165) is 17.5 Å². The fourth-order valence-corrected chi connectivity index (χ4v) is 3.39. The molecule has 1 aromatic heterocycles. The summed E-state index contributed by atoms with van der Waals surface area (Å²) in [5.74, 6) is -0.282. The number of carbonyl (C=O) groups excluding carboxylic acids is 1. The van der Waals surface area contributed by atoms with E-state index in [-0.39, 0.29) is 17.1 Å². The summed E-state index contributed by atoms with van der Waals surface area (Å²) in [5.41, 5.74) is 3.35. The molecule has 1 amide bonds. The molecule has 0 saturated heterocycles. The second-order valence-electron chi connectivity index (χ2n) is 6.27. The number of benzene rings is 2. The van der Waals surface area contributed by atoms with Crippen molar-refractivity contribution in [3.8, 4) is 0 Å². The van der Waals surface area contributed by atoms with Gasteiger partial charge in [-0.05, 0) is 42.2 Å². The van der Waals surface area contributed by atoms with E-state index in [1.807, 2.05) is 31.2 Å². The second-order valence-corrected chi connectivity index (χ2v) is 6.68. The molecule has 1 aliphatic rings. The van der Waals surface area contributed by atoms with Crippen molar-refractivity contribution < 1.29 is 9.21 Å². The van der Waals surface area contributed by atoms with E-state index in [2.05, 4.69) is 12.2 Å². The minimum atomic E-state index is -0.505. The average Bonchev–Trinajstić information content (AvgIpc) is 2.94. The van der Waals surface area contributed by atoms with E-state index in [4.69, 9.17) is 16.0 Å². The predicted molar refractivity (Wildman–Crippen MR) is 97.4 cm³/mol. The summed E-state index contributed by atoms with van der Waals surface area (Å²) in [6.07, 6.45) is 0.929. The van der Waals surface area contributed by atoms with E-state index >= 15 is 0 Å². The van der Waals surface area contributed by atoms with Gasteiger partial charge in [-0.15, -0.1) is 0 Å². The van der Waals surface area contributed by atoms with Crippen LogP contribution in [0, 0.1) is 6.92 Å². The van der Waals surface area contributed by atoms with Gasteiger partial charge in [-0.2, -0.15) is 0 Å². The van der Waals surface area contributed by atoms with Gasteiger partial charge in [-0.25, -0.2) is 0 Å². The first-order chi connectivity index (χ1) is 12.0. The molecule has 1 aliphatic heterocycles. The number of fused-ring (bicyclic) bond motifs is 2. The molecule has 0 spiro atoms. The Bertz CT molecular complexity index is 1070. The highest BCUT2D eigenvalue weighted by molar-refractivity contribution is 6.32. The van der Waals surface area contributed by atoms with Crippen LogP contribution in [-0.4, -0.2) is 5.91 Å². The summed E-state index contributed by atoms with van der Waals surface area (Å²) in [7, 11) is 0. The van der Waals surface area contributed by atoms with Gasteiger partial charge in [0.2, 0.25) is 5.76 Å². The Morgan fingerprint density at radius 2 is 1.88 bits per heavy atom. The molecule has 1 unspecified atom stereocenters. The first-order valence-corrected chi connectivity index (χ1v) is 8.54.